The topological polar surface area (TPSA) is 18.5 Å². The highest BCUT2D eigenvalue weighted by molar-refractivity contribution is 4.81. The van der Waals surface area contributed by atoms with Gasteiger partial charge >= 0.3 is 0 Å². The van der Waals surface area contributed by atoms with Gasteiger partial charge in [0.1, 0.15) is 0 Å². The maximum absolute atomic E-state index is 5.48. The molecule has 0 aliphatic carbocycles. The highest BCUT2D eigenvalue weighted by Gasteiger charge is 1.92. The zero-order chi connectivity index (χ0) is 12.2. The van der Waals surface area contributed by atoms with Gasteiger partial charge in [-0.15, -0.1) is 0 Å². The van der Waals surface area contributed by atoms with E-state index in [0.717, 1.165) is 19.6 Å². The first-order chi connectivity index (χ1) is 7.63. The average Bonchev–Trinajstić information content (AvgIpc) is 2.20. The van der Waals surface area contributed by atoms with Gasteiger partial charge in [-0.05, 0) is 47.0 Å². The fourth-order valence-electron chi connectivity index (χ4n) is 1.29. The van der Waals surface area contributed by atoms with E-state index < -0.39 is 0 Å². The Kier molecular flexibility index (Phi) is 10.9. The van der Waals surface area contributed by atoms with Crippen LogP contribution in [0.4, 0.5) is 0 Å². The zero-order valence-electron chi connectivity index (χ0n) is 11.4. The van der Waals surface area contributed by atoms with E-state index in [4.69, 9.17) is 9.47 Å². The van der Waals surface area contributed by atoms with Crippen LogP contribution < -0.4 is 0 Å². The molecule has 0 saturated carbocycles. The Morgan fingerprint density at radius 1 is 0.812 bits per heavy atom. The summed E-state index contributed by atoms with van der Waals surface area (Å²) >= 11 is 0. The van der Waals surface area contributed by atoms with Crippen molar-refractivity contribution in [3.63, 3.8) is 0 Å². The van der Waals surface area contributed by atoms with Crippen molar-refractivity contribution >= 4 is 0 Å². The summed E-state index contributed by atoms with van der Waals surface area (Å²) in [4.78, 5) is 0. The fraction of sp³-hybridized carbons (Fsp3) is 0.857. The van der Waals surface area contributed by atoms with Crippen molar-refractivity contribution < 1.29 is 9.47 Å². The lowest BCUT2D eigenvalue weighted by Gasteiger charge is -2.06. The van der Waals surface area contributed by atoms with Crippen molar-refractivity contribution in [2.45, 2.75) is 65.6 Å². The van der Waals surface area contributed by atoms with Gasteiger partial charge < -0.3 is 9.47 Å². The standard InChI is InChI=1S/C14H28O2/c1-13(2)15-11-9-7-5-6-8-10-12-16-14(3)4/h7,9,13-14H,5-6,8,10-12H2,1-4H3/b9-7+. The lowest BCUT2D eigenvalue weighted by Crippen LogP contribution is -2.03. The maximum atomic E-state index is 5.48. The van der Waals surface area contributed by atoms with Crippen LogP contribution in [-0.4, -0.2) is 25.4 Å². The molecule has 0 N–H and O–H groups in total. The third-order valence-electron chi connectivity index (χ3n) is 2.16. The molecule has 0 rings (SSSR count). The van der Waals surface area contributed by atoms with Gasteiger partial charge in [-0.2, -0.15) is 0 Å². The molecule has 0 aliphatic heterocycles. The maximum Gasteiger partial charge on any atom is 0.0650 e. The molecule has 0 atom stereocenters. The summed E-state index contributed by atoms with van der Waals surface area (Å²) in [5.74, 6) is 0. The van der Waals surface area contributed by atoms with Crippen LogP contribution in [0.25, 0.3) is 0 Å². The third kappa shape index (κ3) is 13.7. The van der Waals surface area contributed by atoms with Crippen molar-refractivity contribution in [2.24, 2.45) is 0 Å². The fourth-order valence-corrected chi connectivity index (χ4v) is 1.29. The molecule has 0 aromatic heterocycles. The van der Waals surface area contributed by atoms with E-state index in [0.29, 0.717) is 12.2 Å². The molecule has 0 saturated heterocycles. The first-order valence-electron chi connectivity index (χ1n) is 6.51. The predicted molar refractivity (Wildman–Crippen MR) is 69.8 cm³/mol. The Bertz CT molecular complexity index is 162. The van der Waals surface area contributed by atoms with Gasteiger partial charge in [0.15, 0.2) is 0 Å². The van der Waals surface area contributed by atoms with Crippen LogP contribution in [0.3, 0.4) is 0 Å². The van der Waals surface area contributed by atoms with Crippen LogP contribution in [0.2, 0.25) is 0 Å². The van der Waals surface area contributed by atoms with Gasteiger partial charge in [0.25, 0.3) is 0 Å². The van der Waals surface area contributed by atoms with Crippen LogP contribution in [0.15, 0.2) is 12.2 Å². The summed E-state index contributed by atoms with van der Waals surface area (Å²) in [5.41, 5.74) is 0. The Morgan fingerprint density at radius 3 is 2.12 bits per heavy atom. The normalized spacial score (nSPS) is 12.1. The molecule has 0 amide bonds. The van der Waals surface area contributed by atoms with Gasteiger partial charge in [-0.3, -0.25) is 0 Å². The number of rotatable bonds is 10. The van der Waals surface area contributed by atoms with Gasteiger partial charge in [0.05, 0.1) is 18.8 Å². The first kappa shape index (κ1) is 15.7. The number of ether oxygens (including phenoxy) is 2. The van der Waals surface area contributed by atoms with Crippen molar-refractivity contribution in [1.29, 1.82) is 0 Å². The second-order valence-corrected chi connectivity index (χ2v) is 4.62. The Balaban J connectivity index is 3.08. The first-order valence-corrected chi connectivity index (χ1v) is 6.51. The molecule has 16 heavy (non-hydrogen) atoms. The van der Waals surface area contributed by atoms with Crippen molar-refractivity contribution in [1.82, 2.24) is 0 Å². The predicted octanol–water partition coefficient (Wildman–Crippen LogP) is 3.95. The van der Waals surface area contributed by atoms with E-state index in [9.17, 15) is 0 Å². The number of allylic oxidation sites excluding steroid dienone is 1. The van der Waals surface area contributed by atoms with Gasteiger partial charge in [0.2, 0.25) is 0 Å². The average molecular weight is 228 g/mol. The molecule has 0 spiro atoms. The quantitative estimate of drug-likeness (QED) is 0.416. The summed E-state index contributed by atoms with van der Waals surface area (Å²) in [6, 6.07) is 0. The molecule has 0 bridgehead atoms. The Labute approximate surface area is 101 Å². The minimum atomic E-state index is 0.331. The van der Waals surface area contributed by atoms with E-state index >= 15 is 0 Å². The molecule has 2 heteroatoms. The van der Waals surface area contributed by atoms with Gasteiger partial charge in [-0.1, -0.05) is 18.6 Å². The van der Waals surface area contributed by atoms with Crippen LogP contribution in [0.1, 0.15) is 53.4 Å². The molecule has 0 aliphatic rings. The summed E-state index contributed by atoms with van der Waals surface area (Å²) in [7, 11) is 0. The van der Waals surface area contributed by atoms with Crippen molar-refractivity contribution in [2.75, 3.05) is 13.2 Å². The molecule has 0 fully saturated rings. The minimum Gasteiger partial charge on any atom is -0.379 e. The smallest absolute Gasteiger partial charge is 0.0650 e. The molecule has 0 heterocycles. The van der Waals surface area contributed by atoms with E-state index in [1.54, 1.807) is 0 Å². The molecule has 2 nitrogen and oxygen atoms in total. The summed E-state index contributed by atoms with van der Waals surface area (Å²) in [6.45, 7) is 9.92. The molecule has 0 aromatic carbocycles. The van der Waals surface area contributed by atoms with E-state index in [-0.39, 0.29) is 0 Å². The second-order valence-electron chi connectivity index (χ2n) is 4.62. The summed E-state index contributed by atoms with van der Waals surface area (Å²) in [5, 5.41) is 0. The largest absolute Gasteiger partial charge is 0.379 e. The molecule has 0 radical (unpaired) electrons. The molecule has 0 unspecified atom stereocenters. The monoisotopic (exact) mass is 228 g/mol. The van der Waals surface area contributed by atoms with Crippen LogP contribution in [0.5, 0.6) is 0 Å². The Hall–Kier alpha value is -0.340. The van der Waals surface area contributed by atoms with E-state index in [2.05, 4.69) is 39.8 Å². The Morgan fingerprint density at radius 2 is 1.50 bits per heavy atom. The number of hydrogen-bond acceptors (Lipinski definition) is 2. The zero-order valence-corrected chi connectivity index (χ0v) is 11.4. The molecule has 0 aromatic rings. The lowest BCUT2D eigenvalue weighted by molar-refractivity contribution is 0.0758. The van der Waals surface area contributed by atoms with Crippen LogP contribution in [-0.2, 0) is 9.47 Å². The van der Waals surface area contributed by atoms with E-state index in [1.165, 1.54) is 19.3 Å². The van der Waals surface area contributed by atoms with Gasteiger partial charge in [-0.25, -0.2) is 0 Å². The van der Waals surface area contributed by atoms with Crippen LogP contribution in [0, 0.1) is 0 Å². The third-order valence-corrected chi connectivity index (χ3v) is 2.16. The molecular weight excluding hydrogens is 200 g/mol. The highest BCUT2D eigenvalue weighted by atomic mass is 16.5. The minimum absolute atomic E-state index is 0.331. The number of hydrogen-bond donors (Lipinski definition) is 0. The van der Waals surface area contributed by atoms with E-state index in [1.807, 2.05) is 0 Å². The highest BCUT2D eigenvalue weighted by Crippen LogP contribution is 2.02. The molecule has 96 valence electrons. The summed E-state index contributed by atoms with van der Waals surface area (Å²) < 4.78 is 10.9. The number of unbranched alkanes of at least 4 members (excludes halogenated alkanes) is 3. The van der Waals surface area contributed by atoms with Gasteiger partial charge in [0, 0.05) is 6.61 Å². The van der Waals surface area contributed by atoms with Crippen molar-refractivity contribution in [3.8, 4) is 0 Å². The second kappa shape index (κ2) is 11.2. The SMILES string of the molecule is CC(C)OC/C=C/CCCCCOC(C)C. The lowest BCUT2D eigenvalue weighted by atomic mass is 10.2. The van der Waals surface area contributed by atoms with Crippen molar-refractivity contribution in [3.05, 3.63) is 12.2 Å². The van der Waals surface area contributed by atoms with Crippen LogP contribution >= 0.6 is 0 Å². The molecular formula is C14H28O2. The summed E-state index contributed by atoms with van der Waals surface area (Å²) in [6.07, 6.45) is 9.86.